The molecule has 0 radical (unpaired) electrons. The predicted molar refractivity (Wildman–Crippen MR) is 355 cm³/mol. The Kier molecular flexibility index (Phi) is 53.7. The van der Waals surface area contributed by atoms with Crippen molar-refractivity contribution < 1.29 is 94.1 Å². The normalized spacial score (nSPS) is 12.4. The van der Waals surface area contributed by atoms with Crippen molar-refractivity contribution in [2.45, 2.75) is 152 Å². The zero-order chi connectivity index (χ0) is 66.2. The van der Waals surface area contributed by atoms with Gasteiger partial charge in [0.25, 0.3) is 0 Å². The maximum atomic E-state index is 11.1. The first kappa shape index (κ1) is 87.7. The quantitative estimate of drug-likeness (QED) is 0.0342. The van der Waals surface area contributed by atoms with Crippen LogP contribution in [0, 0.1) is 23.2 Å². The molecule has 0 saturated carbocycles. The minimum atomic E-state index is -1.66. The van der Waals surface area contributed by atoms with Crippen molar-refractivity contribution >= 4 is 68.0 Å². The van der Waals surface area contributed by atoms with Crippen molar-refractivity contribution in [2.24, 2.45) is 23.2 Å². The van der Waals surface area contributed by atoms with Crippen LogP contribution < -0.4 is 34.7 Å². The van der Waals surface area contributed by atoms with Crippen LogP contribution in [0.5, 0.6) is 0 Å². The summed E-state index contributed by atoms with van der Waals surface area (Å²) in [6.45, 7) is 25.9. The molecule has 0 saturated heterocycles. The van der Waals surface area contributed by atoms with Gasteiger partial charge in [0, 0.05) is 23.2 Å². The van der Waals surface area contributed by atoms with E-state index in [-0.39, 0.29) is 72.0 Å². The Hall–Kier alpha value is -5.78. The summed E-state index contributed by atoms with van der Waals surface area (Å²) in [6.07, 6.45) is 6.64. The minimum absolute atomic E-state index is 0. The summed E-state index contributed by atoms with van der Waals surface area (Å²) in [6, 6.07) is 45.7. The average Bonchev–Trinajstić information content (AvgIpc) is 1.83. The van der Waals surface area contributed by atoms with Gasteiger partial charge in [-0.25, -0.2) is 9.59 Å². The molecule has 0 heterocycles. The summed E-state index contributed by atoms with van der Waals surface area (Å²) in [7, 11) is 0. The van der Waals surface area contributed by atoms with E-state index in [9.17, 15) is 28.8 Å². The number of fused-ring (bicyclic) bond motifs is 4. The zero-order valence-corrected chi connectivity index (χ0v) is 59.1. The fourth-order valence-corrected chi connectivity index (χ4v) is 9.98. The summed E-state index contributed by atoms with van der Waals surface area (Å²) in [5.41, 5.74) is 10.3. The second kappa shape index (κ2) is 53.3. The standard InChI is InChI=1S/C11H10O4.C10H10O2.C10H12O.C10H10O.C8H8Br2.C8H6O4.C2H5O.6C2H6.Na/c12-9(13)11(10(14)15)5-7-3-1-2-4-8(7)6-11;11-10(12)9-5-7-3-1-2-4-8(7)6-9;2*11-7-8-5-9-3-1-2-4-10(9)6-8;9-5-7-3-1-2-4-8(7)6-10;9-7(10)5-3-1-2-4-6(5)8(11)12;1-2-3;6*1-2;/h1-4H,5-6H2,(H,12,13)(H,14,15);1-4,9H,5-6H2,(H,11,12);1-4,8,11H,5-7H2;1-4,7-8H,5-6H2;1-4H,5-6H2;1-4H,(H,9,10)(H,11,12);2H2,1H3;6*1-2H3;/q;;;;;;-1;;;;;;;+1. The van der Waals surface area contributed by atoms with Gasteiger partial charge in [0.15, 0.2) is 5.41 Å². The Balaban J connectivity index is -0.000000455. The number of carboxylic acid groups (broad SMARTS) is 5. The predicted octanol–water partition coefficient (Wildman–Crippen LogP) is 12.5. The molecule has 6 N–H and O–H groups in total. The number of aliphatic hydroxyl groups is 1. The van der Waals surface area contributed by atoms with Gasteiger partial charge in [-0.05, 0) is 125 Å². The Morgan fingerprint density at radius 3 is 0.954 bits per heavy atom. The van der Waals surface area contributed by atoms with Crippen molar-refractivity contribution in [3.63, 3.8) is 0 Å². The van der Waals surface area contributed by atoms with E-state index in [1.54, 1.807) is 31.2 Å². The molecule has 6 aromatic rings. The van der Waals surface area contributed by atoms with E-state index in [0.717, 1.165) is 53.8 Å². The Bertz CT molecular complexity index is 2670. The van der Waals surface area contributed by atoms with Crippen LogP contribution in [0.2, 0.25) is 0 Å². The van der Waals surface area contributed by atoms with Crippen molar-refractivity contribution in [2.75, 3.05) is 13.2 Å². The third-order valence-electron chi connectivity index (χ3n) is 12.8. The molecule has 4 aliphatic carbocycles. The first-order valence-corrected chi connectivity index (χ1v) is 32.2. The minimum Gasteiger partial charge on any atom is -0.855 e. The van der Waals surface area contributed by atoms with E-state index >= 15 is 0 Å². The van der Waals surface area contributed by atoms with E-state index in [1.807, 2.05) is 119 Å². The van der Waals surface area contributed by atoms with Gasteiger partial charge in [0.1, 0.15) is 6.29 Å². The van der Waals surface area contributed by atoms with Crippen LogP contribution in [0.4, 0.5) is 0 Å². The number of halogens is 2. The number of benzene rings is 6. The number of rotatable bonds is 9. The number of aliphatic hydroxyl groups excluding tert-OH is 1. The fourth-order valence-electron chi connectivity index (χ4n) is 8.89. The topological polar surface area (TPSA) is 247 Å². The van der Waals surface area contributed by atoms with E-state index in [4.69, 9.17) is 35.7 Å². The van der Waals surface area contributed by atoms with Gasteiger partial charge in [-0.2, -0.15) is 0 Å². The molecule has 6 aromatic carbocycles. The van der Waals surface area contributed by atoms with Crippen LogP contribution in [0.15, 0.2) is 146 Å². The van der Waals surface area contributed by atoms with Gasteiger partial charge in [-0.15, -0.1) is 6.61 Å². The number of carboxylic acids is 5. The first-order valence-electron chi connectivity index (χ1n) is 29.9. The largest absolute Gasteiger partial charge is 1.00 e. The summed E-state index contributed by atoms with van der Waals surface area (Å²) in [5, 5.41) is 63.7. The van der Waals surface area contributed by atoms with Crippen LogP contribution in [-0.4, -0.2) is 80.0 Å². The molecule has 0 atom stereocenters. The van der Waals surface area contributed by atoms with Gasteiger partial charge in [-0.3, -0.25) is 14.4 Å². The number of hydrogen-bond donors (Lipinski definition) is 6. The van der Waals surface area contributed by atoms with Crippen LogP contribution in [0.25, 0.3) is 0 Å². The van der Waals surface area contributed by atoms with Crippen molar-refractivity contribution in [3.8, 4) is 0 Å². The molecule has 0 unspecified atom stereocenters. The fraction of sp³-hybridized carbons (Fsp3) is 0.408. The second-order valence-electron chi connectivity index (χ2n) is 17.8. The van der Waals surface area contributed by atoms with Gasteiger partial charge < -0.3 is 40.5 Å². The molecule has 0 amide bonds. The van der Waals surface area contributed by atoms with Crippen LogP contribution in [0.3, 0.4) is 0 Å². The van der Waals surface area contributed by atoms with Crippen LogP contribution in [-0.2, 0) is 81.2 Å². The molecule has 0 aromatic heterocycles. The SMILES string of the molecule is BrCc1ccccc1CBr.CC.CC.CC.CC.CC.CC.CC[O-].O=C(O)C1(C(=O)O)Cc2ccccc2C1.O=C(O)C1Cc2ccccc2C1.O=C(O)c1ccccc1C(=O)O.O=CC1Cc2ccccc2C1.OCC1Cc2ccccc2C1.[Na+]. The van der Waals surface area contributed by atoms with Crippen LogP contribution in [0.1, 0.15) is 166 Å². The number of aromatic carboxylic acids is 2. The Morgan fingerprint density at radius 1 is 0.460 bits per heavy atom. The van der Waals surface area contributed by atoms with Gasteiger partial charge in [0.2, 0.25) is 0 Å². The molecular weight excluding hydrogens is 1240 g/mol. The van der Waals surface area contributed by atoms with Gasteiger partial charge in [0.05, 0.1) is 17.0 Å². The maximum Gasteiger partial charge on any atom is 1.00 e. The third-order valence-corrected chi connectivity index (χ3v) is 14.0. The van der Waals surface area contributed by atoms with Crippen molar-refractivity contribution in [1.82, 2.24) is 0 Å². The molecule has 0 spiro atoms. The summed E-state index contributed by atoms with van der Waals surface area (Å²) in [4.78, 5) is 64.2. The smallest absolute Gasteiger partial charge is 0.855 e. The molecule has 13 nitrogen and oxygen atoms in total. The monoisotopic (exact) mass is 1340 g/mol. The summed E-state index contributed by atoms with van der Waals surface area (Å²) in [5.74, 6) is -5.12. The number of aldehydes is 1. The molecular formula is C71H97Br2NaO13. The summed E-state index contributed by atoms with van der Waals surface area (Å²) >= 11 is 6.86. The molecule has 0 aliphatic heterocycles. The number of aliphatic carboxylic acids is 3. The first-order chi connectivity index (χ1) is 41.5. The number of carbonyl (C=O) groups excluding carboxylic acids is 1. The maximum absolute atomic E-state index is 11.1. The summed E-state index contributed by atoms with van der Waals surface area (Å²) < 4.78 is 0. The Labute approximate surface area is 558 Å². The van der Waals surface area contributed by atoms with E-state index < -0.39 is 35.3 Å². The molecule has 16 heteroatoms. The van der Waals surface area contributed by atoms with Gasteiger partial charge >= 0.3 is 59.4 Å². The molecule has 87 heavy (non-hydrogen) atoms. The van der Waals surface area contributed by atoms with E-state index in [1.165, 1.54) is 68.8 Å². The van der Waals surface area contributed by atoms with E-state index in [2.05, 4.69) is 92.5 Å². The molecule has 10 rings (SSSR count). The zero-order valence-electron chi connectivity index (χ0n) is 53.9. The van der Waals surface area contributed by atoms with Gasteiger partial charge in [-0.1, -0.05) is 255 Å². The molecule has 4 aliphatic rings. The Morgan fingerprint density at radius 2 is 0.713 bits per heavy atom. The average molecular weight is 1340 g/mol. The van der Waals surface area contributed by atoms with E-state index in [0.29, 0.717) is 25.4 Å². The number of carbonyl (C=O) groups is 6. The molecule has 0 bridgehead atoms. The third kappa shape index (κ3) is 30.8. The molecule has 474 valence electrons. The number of hydrogen-bond acceptors (Lipinski definition) is 8. The van der Waals surface area contributed by atoms with Crippen molar-refractivity contribution in [3.05, 3.63) is 212 Å². The number of alkyl halides is 2. The van der Waals surface area contributed by atoms with Crippen LogP contribution >= 0.6 is 31.9 Å². The van der Waals surface area contributed by atoms with Crippen molar-refractivity contribution in [1.29, 1.82) is 0 Å². The molecule has 0 fully saturated rings. The second-order valence-corrected chi connectivity index (χ2v) is 18.9.